The Labute approximate surface area is 191 Å². The van der Waals surface area contributed by atoms with Crippen molar-refractivity contribution in [1.82, 2.24) is 9.73 Å². The van der Waals surface area contributed by atoms with Crippen LogP contribution in [-0.2, 0) is 23.1 Å². The lowest BCUT2D eigenvalue weighted by atomic mass is 10.1. The minimum Gasteiger partial charge on any atom is -0.459 e. The van der Waals surface area contributed by atoms with Crippen LogP contribution in [0.1, 0.15) is 22.6 Å². The first-order chi connectivity index (χ1) is 14.7. The molecule has 0 aliphatic heterocycles. The Kier molecular flexibility index (Phi) is 7.45. The van der Waals surface area contributed by atoms with E-state index in [1.807, 2.05) is 31.2 Å². The maximum atomic E-state index is 13.3. The smallest absolute Gasteiger partial charge is 0.243 e. The van der Waals surface area contributed by atoms with Gasteiger partial charge < -0.3 is 10.2 Å². The number of nitrogens with two attached hydrogens (primary N) is 1. The molecule has 7 nitrogen and oxygen atoms in total. The van der Waals surface area contributed by atoms with Crippen LogP contribution < -0.4 is 11.2 Å². The molecule has 0 amide bonds. The molecule has 1 aromatic heterocycles. The predicted octanol–water partition coefficient (Wildman–Crippen LogP) is 3.80. The van der Waals surface area contributed by atoms with Crippen LogP contribution in [0.15, 0.2) is 75.1 Å². The molecule has 0 saturated carbocycles. The van der Waals surface area contributed by atoms with Crippen molar-refractivity contribution in [3.05, 3.63) is 88.3 Å². The van der Waals surface area contributed by atoms with Crippen molar-refractivity contribution in [2.75, 3.05) is 0 Å². The van der Waals surface area contributed by atoms with Crippen LogP contribution in [0.2, 0.25) is 5.02 Å². The second-order valence-corrected chi connectivity index (χ2v) is 9.57. The van der Waals surface area contributed by atoms with Crippen LogP contribution in [0.4, 0.5) is 0 Å². The van der Waals surface area contributed by atoms with Gasteiger partial charge in [0.25, 0.3) is 0 Å². The number of aryl methyl sites for hydroxylation is 1. The molecule has 0 unspecified atom stereocenters. The van der Waals surface area contributed by atoms with Crippen molar-refractivity contribution >= 4 is 45.2 Å². The molecule has 3 N–H and O–H groups in total. The fraction of sp³-hybridized carbons (Fsp3) is 0.143. The summed E-state index contributed by atoms with van der Waals surface area (Å²) in [5.41, 5.74) is 9.70. The Balaban J connectivity index is 1.88. The summed E-state index contributed by atoms with van der Waals surface area (Å²) in [7, 11) is -3.81. The first-order valence-electron chi connectivity index (χ1n) is 9.22. The zero-order chi connectivity index (χ0) is 22.4. The van der Waals surface area contributed by atoms with E-state index in [0.29, 0.717) is 16.5 Å². The summed E-state index contributed by atoms with van der Waals surface area (Å²) in [6.07, 6.45) is 1.40. The Morgan fingerprint density at radius 1 is 1.13 bits per heavy atom. The van der Waals surface area contributed by atoms with Crippen molar-refractivity contribution in [1.29, 1.82) is 0 Å². The first-order valence-corrected chi connectivity index (χ1v) is 11.4. The molecule has 0 saturated heterocycles. The van der Waals surface area contributed by atoms with Crippen molar-refractivity contribution in [2.24, 2.45) is 10.8 Å². The Hall–Kier alpha value is -2.72. The summed E-state index contributed by atoms with van der Waals surface area (Å²) < 4.78 is 33.8. The van der Waals surface area contributed by atoms with Crippen LogP contribution in [0.3, 0.4) is 0 Å². The van der Waals surface area contributed by atoms with Gasteiger partial charge in [0, 0.05) is 11.6 Å². The third kappa shape index (κ3) is 6.38. The third-order valence-electron chi connectivity index (χ3n) is 4.31. The maximum absolute atomic E-state index is 13.3. The minimum absolute atomic E-state index is 0.0290. The van der Waals surface area contributed by atoms with Gasteiger partial charge in [0.2, 0.25) is 10.0 Å². The molecule has 1 heterocycles. The van der Waals surface area contributed by atoms with Gasteiger partial charge in [-0.1, -0.05) is 41.4 Å². The van der Waals surface area contributed by atoms with E-state index in [1.54, 1.807) is 24.3 Å². The quantitative estimate of drug-likeness (QED) is 0.291. The van der Waals surface area contributed by atoms with Crippen LogP contribution in [0, 0.1) is 6.92 Å². The van der Waals surface area contributed by atoms with Gasteiger partial charge in [-0.25, -0.2) is 8.42 Å². The number of nitrogens with zero attached hydrogens (tertiary/aromatic N) is 2. The molecule has 0 atom stereocenters. The number of hydrazone groups is 1. The van der Waals surface area contributed by atoms with Gasteiger partial charge in [0.15, 0.2) is 5.11 Å². The Morgan fingerprint density at radius 3 is 2.45 bits per heavy atom. The highest BCUT2D eigenvalue weighted by Gasteiger charge is 2.26. The average Bonchev–Trinajstić information content (AvgIpc) is 3.16. The van der Waals surface area contributed by atoms with E-state index in [0.717, 1.165) is 11.1 Å². The number of halogens is 1. The minimum atomic E-state index is -3.81. The normalized spacial score (nSPS) is 11.8. The van der Waals surface area contributed by atoms with Crippen molar-refractivity contribution in [3.63, 3.8) is 0 Å². The average molecular weight is 477 g/mol. The molecule has 162 valence electrons. The molecule has 0 aliphatic rings. The molecule has 0 radical (unpaired) electrons. The van der Waals surface area contributed by atoms with Gasteiger partial charge in [-0.3, -0.25) is 5.43 Å². The van der Waals surface area contributed by atoms with E-state index in [2.05, 4.69) is 22.7 Å². The van der Waals surface area contributed by atoms with E-state index >= 15 is 0 Å². The second kappa shape index (κ2) is 10.1. The summed E-state index contributed by atoms with van der Waals surface area (Å²) in [5, 5.41) is 4.33. The molecular formula is C21H21ClN4O3S2. The van der Waals surface area contributed by atoms with Crippen molar-refractivity contribution < 1.29 is 12.8 Å². The van der Waals surface area contributed by atoms with Crippen LogP contribution in [0.25, 0.3) is 0 Å². The number of furan rings is 1. The van der Waals surface area contributed by atoms with Crippen molar-refractivity contribution in [2.45, 2.75) is 24.9 Å². The SMILES string of the molecule is Cc1ccc(CN(Cc2ccc(/C=N\NC(N)=S)o2)S(=O)(=O)c2ccc(Cl)cc2)cc1. The van der Waals surface area contributed by atoms with E-state index in [9.17, 15) is 8.42 Å². The molecule has 3 rings (SSSR count). The van der Waals surface area contributed by atoms with Gasteiger partial charge in [-0.05, 0) is 61.1 Å². The standard InChI is InChI=1S/C21H21ClN4O3S2/c1-15-2-4-16(5-3-15)13-26(31(27,28)20-10-6-17(22)7-11-20)14-19-9-8-18(29-19)12-24-25-21(23)30/h2-12H,13-14H2,1H3,(H3,23,25,30)/b24-12-. The number of nitrogens with one attached hydrogen (secondary N) is 1. The summed E-state index contributed by atoms with van der Waals surface area (Å²) >= 11 is 10.6. The number of thiocarbonyl (C=S) groups is 1. The van der Waals surface area contributed by atoms with E-state index < -0.39 is 10.0 Å². The highest BCUT2D eigenvalue weighted by Crippen LogP contribution is 2.23. The molecule has 0 spiro atoms. The molecule has 10 heteroatoms. The third-order valence-corrected chi connectivity index (χ3v) is 6.46. The highest BCUT2D eigenvalue weighted by atomic mass is 35.5. The molecule has 31 heavy (non-hydrogen) atoms. The second-order valence-electron chi connectivity index (χ2n) is 6.75. The van der Waals surface area contributed by atoms with E-state index in [4.69, 9.17) is 21.8 Å². The molecule has 0 bridgehead atoms. The van der Waals surface area contributed by atoms with Crippen molar-refractivity contribution in [3.8, 4) is 0 Å². The summed E-state index contributed by atoms with van der Waals surface area (Å²) in [4.78, 5) is 0.151. The largest absolute Gasteiger partial charge is 0.459 e. The highest BCUT2D eigenvalue weighted by molar-refractivity contribution is 7.89. The maximum Gasteiger partial charge on any atom is 0.243 e. The fourth-order valence-electron chi connectivity index (χ4n) is 2.76. The monoisotopic (exact) mass is 476 g/mol. The zero-order valence-corrected chi connectivity index (χ0v) is 19.0. The van der Waals surface area contributed by atoms with Crippen LogP contribution in [-0.4, -0.2) is 24.1 Å². The molecule has 2 aromatic carbocycles. The van der Waals surface area contributed by atoms with Gasteiger partial charge in [-0.15, -0.1) is 0 Å². The van der Waals surface area contributed by atoms with Crippen LogP contribution >= 0.6 is 23.8 Å². The fourth-order valence-corrected chi connectivity index (χ4v) is 4.33. The first kappa shape index (κ1) is 23.0. The number of hydrogen-bond acceptors (Lipinski definition) is 5. The van der Waals surface area contributed by atoms with Gasteiger partial charge in [0.1, 0.15) is 11.5 Å². The number of rotatable bonds is 8. The number of hydrogen-bond donors (Lipinski definition) is 2. The summed E-state index contributed by atoms with van der Waals surface area (Å²) in [5.74, 6) is 0.888. The van der Waals surface area contributed by atoms with Gasteiger partial charge in [-0.2, -0.15) is 9.41 Å². The van der Waals surface area contributed by atoms with E-state index in [-0.39, 0.29) is 23.1 Å². The molecular weight excluding hydrogens is 456 g/mol. The number of sulfonamides is 1. The summed E-state index contributed by atoms with van der Waals surface area (Å²) in [6, 6.07) is 17.1. The topological polar surface area (TPSA) is 101 Å². The molecule has 0 fully saturated rings. The Morgan fingerprint density at radius 2 is 1.81 bits per heavy atom. The van der Waals surface area contributed by atoms with Crippen LogP contribution in [0.5, 0.6) is 0 Å². The molecule has 0 aliphatic carbocycles. The Bertz CT molecular complexity index is 1170. The summed E-state index contributed by atoms with van der Waals surface area (Å²) in [6.45, 7) is 2.19. The molecule has 3 aromatic rings. The lowest BCUT2D eigenvalue weighted by Gasteiger charge is -2.21. The van der Waals surface area contributed by atoms with Gasteiger partial charge in [0.05, 0.1) is 17.7 Å². The lowest BCUT2D eigenvalue weighted by molar-refractivity contribution is 0.357. The van der Waals surface area contributed by atoms with E-state index in [1.165, 1.54) is 22.7 Å². The lowest BCUT2D eigenvalue weighted by Crippen LogP contribution is -2.30. The predicted molar refractivity (Wildman–Crippen MR) is 125 cm³/mol. The number of benzene rings is 2. The zero-order valence-electron chi connectivity index (χ0n) is 16.7. The van der Waals surface area contributed by atoms with Gasteiger partial charge >= 0.3 is 0 Å².